The quantitative estimate of drug-likeness (QED) is 0.659. The average molecular weight is 329 g/mol. The number of nitrogen functional groups attached to an aromatic ring is 1. The first-order valence-electron chi connectivity index (χ1n) is 7.18. The second-order valence-corrected chi connectivity index (χ2v) is 5.62. The lowest BCUT2D eigenvalue weighted by molar-refractivity contribution is 0.0695. The maximum atomic E-state index is 12.0. The van der Waals surface area contributed by atoms with Crippen molar-refractivity contribution in [3.8, 4) is 11.1 Å². The third-order valence-electron chi connectivity index (χ3n) is 4.17. The topological polar surface area (TPSA) is 137 Å². The van der Waals surface area contributed by atoms with Gasteiger partial charge in [0.25, 0.3) is 5.56 Å². The van der Waals surface area contributed by atoms with Crippen molar-refractivity contribution in [2.45, 2.75) is 6.42 Å². The van der Waals surface area contributed by atoms with E-state index in [0.29, 0.717) is 5.56 Å². The van der Waals surface area contributed by atoms with Crippen molar-refractivity contribution in [3.05, 3.63) is 45.2 Å². The number of H-pyrrole nitrogens is 1. The first-order chi connectivity index (χ1) is 11.3. The zero-order valence-electron chi connectivity index (χ0n) is 12.8. The van der Waals surface area contributed by atoms with Crippen LogP contribution in [0.25, 0.3) is 11.1 Å². The highest BCUT2D eigenvalue weighted by Gasteiger charge is 2.27. The van der Waals surface area contributed by atoms with Gasteiger partial charge in [-0.15, -0.1) is 0 Å². The summed E-state index contributed by atoms with van der Waals surface area (Å²) in [6.45, 7) is 0.813. The summed E-state index contributed by atoms with van der Waals surface area (Å²) in [7, 11) is 1.93. The highest BCUT2D eigenvalue weighted by atomic mass is 16.4. The number of carbonyl (C=O) groups is 2. The Hall–Kier alpha value is -3.29. The standard InChI is InChI=1S/C16H15N3O5/c1-19-5-4-7-6-8(2-3-9(7)19)10-11(15(21)22)13(17)18-14(20)12(10)16(23)24/h2-3,6H,4-5H2,1H3,(H,21,22)(H,23,24)(H3,17,18,20). The molecule has 1 aromatic carbocycles. The van der Waals surface area contributed by atoms with E-state index in [9.17, 15) is 24.6 Å². The Labute approximate surface area is 136 Å². The number of aromatic amines is 1. The van der Waals surface area contributed by atoms with E-state index in [1.54, 1.807) is 18.2 Å². The number of nitrogens with two attached hydrogens (primary N) is 1. The van der Waals surface area contributed by atoms with E-state index in [1.807, 2.05) is 11.9 Å². The molecule has 124 valence electrons. The molecule has 0 saturated carbocycles. The molecule has 24 heavy (non-hydrogen) atoms. The van der Waals surface area contributed by atoms with Crippen molar-refractivity contribution < 1.29 is 19.8 Å². The van der Waals surface area contributed by atoms with E-state index in [1.165, 1.54) is 0 Å². The number of hydrogen-bond donors (Lipinski definition) is 4. The normalized spacial score (nSPS) is 13.0. The van der Waals surface area contributed by atoms with Gasteiger partial charge in [-0.2, -0.15) is 0 Å². The van der Waals surface area contributed by atoms with Gasteiger partial charge in [0, 0.05) is 24.8 Å². The maximum absolute atomic E-state index is 12.0. The van der Waals surface area contributed by atoms with Gasteiger partial charge in [0.2, 0.25) is 0 Å². The molecule has 0 bridgehead atoms. The van der Waals surface area contributed by atoms with Crippen molar-refractivity contribution >= 4 is 23.4 Å². The summed E-state index contributed by atoms with van der Waals surface area (Å²) < 4.78 is 0. The Morgan fingerprint density at radius 1 is 1.21 bits per heavy atom. The number of pyridine rings is 1. The number of carboxylic acids is 2. The third kappa shape index (κ3) is 2.28. The number of anilines is 2. The fourth-order valence-electron chi connectivity index (χ4n) is 3.06. The molecule has 1 aromatic heterocycles. The minimum absolute atomic E-state index is 0.173. The Bertz CT molecular complexity index is 932. The number of fused-ring (bicyclic) bond motifs is 1. The number of aromatic carboxylic acids is 2. The Balaban J connectivity index is 2.36. The molecule has 0 amide bonds. The van der Waals surface area contributed by atoms with Crippen LogP contribution in [0, 0.1) is 0 Å². The van der Waals surface area contributed by atoms with Crippen LogP contribution >= 0.6 is 0 Å². The lowest BCUT2D eigenvalue weighted by Gasteiger charge is -2.15. The first kappa shape index (κ1) is 15.6. The summed E-state index contributed by atoms with van der Waals surface area (Å²) in [6.07, 6.45) is 0.753. The Morgan fingerprint density at radius 2 is 1.88 bits per heavy atom. The second kappa shape index (κ2) is 5.41. The monoisotopic (exact) mass is 329 g/mol. The molecule has 0 fully saturated rings. The molecule has 0 radical (unpaired) electrons. The molecule has 2 aromatic rings. The van der Waals surface area contributed by atoms with Crippen LogP contribution in [0.1, 0.15) is 26.3 Å². The third-order valence-corrected chi connectivity index (χ3v) is 4.17. The van der Waals surface area contributed by atoms with E-state index in [-0.39, 0.29) is 11.4 Å². The van der Waals surface area contributed by atoms with Crippen LogP contribution in [0.15, 0.2) is 23.0 Å². The van der Waals surface area contributed by atoms with E-state index in [0.717, 1.165) is 24.2 Å². The summed E-state index contributed by atoms with van der Waals surface area (Å²) in [5.74, 6) is -3.28. The van der Waals surface area contributed by atoms with Gasteiger partial charge in [-0.1, -0.05) is 6.07 Å². The highest BCUT2D eigenvalue weighted by Crippen LogP contribution is 2.34. The molecule has 0 unspecified atom stereocenters. The molecular weight excluding hydrogens is 314 g/mol. The molecule has 3 rings (SSSR count). The van der Waals surface area contributed by atoms with Gasteiger partial charge >= 0.3 is 11.9 Å². The lowest BCUT2D eigenvalue weighted by Crippen LogP contribution is -2.24. The molecule has 0 atom stereocenters. The molecule has 0 aliphatic carbocycles. The van der Waals surface area contributed by atoms with Crippen LogP contribution in [0.5, 0.6) is 0 Å². The predicted octanol–water partition coefficient (Wildman–Crippen LogP) is 1.01. The molecule has 5 N–H and O–H groups in total. The fourth-order valence-corrected chi connectivity index (χ4v) is 3.06. The van der Waals surface area contributed by atoms with Crippen molar-refractivity contribution in [3.63, 3.8) is 0 Å². The number of likely N-dealkylation sites (N-methyl/N-ethyl adjacent to an activating group) is 1. The number of nitrogens with zero attached hydrogens (tertiary/aromatic N) is 1. The Kier molecular flexibility index (Phi) is 3.52. The number of carboxylic acid groups (broad SMARTS) is 2. The van der Waals surface area contributed by atoms with E-state index >= 15 is 0 Å². The van der Waals surface area contributed by atoms with Crippen molar-refractivity contribution in [2.75, 3.05) is 24.2 Å². The molecular formula is C16H15N3O5. The number of aromatic nitrogens is 1. The van der Waals surface area contributed by atoms with Gasteiger partial charge in [0.05, 0.1) is 0 Å². The number of hydrogen-bond acceptors (Lipinski definition) is 5. The number of rotatable bonds is 3. The van der Waals surface area contributed by atoms with Crippen molar-refractivity contribution in [1.29, 1.82) is 0 Å². The molecule has 0 spiro atoms. The zero-order valence-corrected chi connectivity index (χ0v) is 12.8. The smallest absolute Gasteiger partial charge is 0.342 e. The van der Waals surface area contributed by atoms with Crippen LogP contribution < -0.4 is 16.2 Å². The minimum Gasteiger partial charge on any atom is -0.478 e. The van der Waals surface area contributed by atoms with Gasteiger partial charge < -0.3 is 25.8 Å². The zero-order chi connectivity index (χ0) is 17.6. The van der Waals surface area contributed by atoms with Gasteiger partial charge in [-0.3, -0.25) is 4.79 Å². The fraction of sp³-hybridized carbons (Fsp3) is 0.188. The molecule has 2 heterocycles. The van der Waals surface area contributed by atoms with E-state index in [2.05, 4.69) is 4.98 Å². The summed E-state index contributed by atoms with van der Waals surface area (Å²) in [5.41, 5.74) is 5.77. The molecule has 8 nitrogen and oxygen atoms in total. The summed E-state index contributed by atoms with van der Waals surface area (Å²) in [5, 5.41) is 18.8. The second-order valence-electron chi connectivity index (χ2n) is 5.62. The van der Waals surface area contributed by atoms with E-state index < -0.39 is 28.6 Å². The average Bonchev–Trinajstić information content (AvgIpc) is 2.86. The van der Waals surface area contributed by atoms with Crippen molar-refractivity contribution in [2.24, 2.45) is 0 Å². The van der Waals surface area contributed by atoms with Gasteiger partial charge in [0.15, 0.2) is 0 Å². The van der Waals surface area contributed by atoms with Gasteiger partial charge in [0.1, 0.15) is 16.9 Å². The molecule has 1 aliphatic rings. The van der Waals surface area contributed by atoms with E-state index in [4.69, 9.17) is 5.73 Å². The largest absolute Gasteiger partial charge is 0.478 e. The predicted molar refractivity (Wildman–Crippen MR) is 87.8 cm³/mol. The minimum atomic E-state index is -1.51. The van der Waals surface area contributed by atoms with Gasteiger partial charge in [-0.05, 0) is 29.7 Å². The van der Waals surface area contributed by atoms with Gasteiger partial charge in [-0.25, -0.2) is 9.59 Å². The SMILES string of the molecule is CN1CCc2cc(-c3c(C(=O)O)c(N)[nH]c(=O)c3C(=O)O)ccc21. The first-order valence-corrected chi connectivity index (χ1v) is 7.18. The van der Waals surface area contributed by atoms with Crippen molar-refractivity contribution in [1.82, 2.24) is 4.98 Å². The van der Waals surface area contributed by atoms with Crippen LogP contribution in [0.4, 0.5) is 11.5 Å². The number of benzene rings is 1. The summed E-state index contributed by atoms with van der Waals surface area (Å²) >= 11 is 0. The maximum Gasteiger partial charge on any atom is 0.342 e. The number of nitrogens with one attached hydrogen (secondary N) is 1. The highest BCUT2D eigenvalue weighted by molar-refractivity contribution is 6.07. The van der Waals surface area contributed by atoms with Crippen LogP contribution in [-0.2, 0) is 6.42 Å². The van der Waals surface area contributed by atoms with Crippen LogP contribution in [-0.4, -0.2) is 40.7 Å². The van der Waals surface area contributed by atoms with Crippen LogP contribution in [0.3, 0.4) is 0 Å². The lowest BCUT2D eigenvalue weighted by atomic mass is 9.93. The Morgan fingerprint density at radius 3 is 2.50 bits per heavy atom. The van der Waals surface area contributed by atoms with Crippen LogP contribution in [0.2, 0.25) is 0 Å². The summed E-state index contributed by atoms with van der Waals surface area (Å²) in [6, 6.07) is 5.10. The molecule has 0 saturated heterocycles. The molecule has 8 heteroatoms. The summed E-state index contributed by atoms with van der Waals surface area (Å²) in [4.78, 5) is 39.3. The molecule has 1 aliphatic heterocycles.